The third-order valence-corrected chi connectivity index (χ3v) is 4.92. The zero-order valence-electron chi connectivity index (χ0n) is 15.7. The van der Waals surface area contributed by atoms with Crippen molar-refractivity contribution in [2.24, 2.45) is 0 Å². The van der Waals surface area contributed by atoms with E-state index < -0.39 is 11.6 Å². The molecule has 3 heterocycles. The van der Waals surface area contributed by atoms with E-state index in [4.69, 9.17) is 0 Å². The van der Waals surface area contributed by atoms with Crippen LogP contribution in [-0.2, 0) is 9.59 Å². The standard InChI is InChI=1S/C18H25N5O3/c1-18(2)16(25)23(17(26)20-18)11-15(24)22-9-5-6-13(22)12-7-8-19-14(10-12)21(3)4/h7-8,10,13H,5-6,9,11H2,1-4H3,(H,20,26)/t13-/m0/s1. The maximum absolute atomic E-state index is 12.8. The molecule has 0 spiro atoms. The fourth-order valence-electron chi connectivity index (χ4n) is 3.49. The van der Waals surface area contributed by atoms with E-state index in [1.165, 1.54) is 0 Å². The van der Waals surface area contributed by atoms with Crippen LogP contribution in [0.2, 0.25) is 0 Å². The fraction of sp³-hybridized carbons (Fsp3) is 0.556. The number of nitrogens with zero attached hydrogens (tertiary/aromatic N) is 4. The average Bonchev–Trinajstić information content (AvgIpc) is 3.14. The summed E-state index contributed by atoms with van der Waals surface area (Å²) in [6, 6.07) is 3.33. The molecule has 3 rings (SSSR count). The predicted octanol–water partition coefficient (Wildman–Crippen LogP) is 1.14. The Hall–Kier alpha value is -2.64. The van der Waals surface area contributed by atoms with Crippen molar-refractivity contribution in [2.75, 3.05) is 32.1 Å². The number of rotatable bonds is 4. The average molecular weight is 359 g/mol. The molecule has 4 amide bonds. The molecule has 0 saturated carbocycles. The van der Waals surface area contributed by atoms with E-state index in [9.17, 15) is 14.4 Å². The van der Waals surface area contributed by atoms with Gasteiger partial charge < -0.3 is 15.1 Å². The first-order valence-corrected chi connectivity index (χ1v) is 8.77. The molecule has 1 aromatic rings. The van der Waals surface area contributed by atoms with Gasteiger partial charge in [0.2, 0.25) is 5.91 Å². The largest absolute Gasteiger partial charge is 0.363 e. The molecule has 1 N–H and O–H groups in total. The molecule has 2 aliphatic rings. The summed E-state index contributed by atoms with van der Waals surface area (Å²) < 4.78 is 0. The van der Waals surface area contributed by atoms with E-state index in [0.717, 1.165) is 29.1 Å². The van der Waals surface area contributed by atoms with Gasteiger partial charge in [0.15, 0.2) is 0 Å². The molecule has 0 aromatic carbocycles. The maximum Gasteiger partial charge on any atom is 0.325 e. The highest BCUT2D eigenvalue weighted by molar-refractivity contribution is 6.08. The molecule has 0 bridgehead atoms. The first-order valence-electron chi connectivity index (χ1n) is 8.77. The van der Waals surface area contributed by atoms with Crippen molar-refractivity contribution >= 4 is 23.7 Å². The summed E-state index contributed by atoms with van der Waals surface area (Å²) in [5, 5.41) is 2.60. The van der Waals surface area contributed by atoms with Crippen molar-refractivity contribution in [1.29, 1.82) is 0 Å². The van der Waals surface area contributed by atoms with Crippen LogP contribution < -0.4 is 10.2 Å². The molecule has 26 heavy (non-hydrogen) atoms. The minimum absolute atomic E-state index is 0.0574. The fourth-order valence-corrected chi connectivity index (χ4v) is 3.49. The Morgan fingerprint density at radius 1 is 1.38 bits per heavy atom. The lowest BCUT2D eigenvalue weighted by molar-refractivity contribution is -0.139. The number of hydrogen-bond acceptors (Lipinski definition) is 5. The molecule has 1 atom stereocenters. The predicted molar refractivity (Wildman–Crippen MR) is 96.6 cm³/mol. The van der Waals surface area contributed by atoms with Gasteiger partial charge in [-0.2, -0.15) is 0 Å². The van der Waals surface area contributed by atoms with Gasteiger partial charge in [0, 0.05) is 26.8 Å². The van der Waals surface area contributed by atoms with Crippen LogP contribution in [-0.4, -0.2) is 65.4 Å². The van der Waals surface area contributed by atoms with Gasteiger partial charge in [0.25, 0.3) is 5.91 Å². The number of anilines is 1. The molecule has 8 nitrogen and oxygen atoms in total. The number of imide groups is 1. The van der Waals surface area contributed by atoms with E-state index in [1.807, 2.05) is 31.1 Å². The number of pyridine rings is 1. The summed E-state index contributed by atoms with van der Waals surface area (Å²) in [5.41, 5.74) is 0.0556. The molecular weight excluding hydrogens is 334 g/mol. The van der Waals surface area contributed by atoms with E-state index in [-0.39, 0.29) is 24.4 Å². The van der Waals surface area contributed by atoms with Crippen molar-refractivity contribution in [3.63, 3.8) is 0 Å². The van der Waals surface area contributed by atoms with Crippen LogP contribution in [0.15, 0.2) is 18.3 Å². The van der Waals surface area contributed by atoms with Crippen LogP contribution in [0.25, 0.3) is 0 Å². The second-order valence-corrected chi connectivity index (χ2v) is 7.53. The van der Waals surface area contributed by atoms with Crippen molar-refractivity contribution in [3.05, 3.63) is 23.9 Å². The summed E-state index contributed by atoms with van der Waals surface area (Å²) in [4.78, 5) is 46.2. The minimum Gasteiger partial charge on any atom is -0.363 e. The summed E-state index contributed by atoms with van der Waals surface area (Å²) >= 11 is 0. The molecular formula is C18H25N5O3. The molecule has 1 aromatic heterocycles. The van der Waals surface area contributed by atoms with Gasteiger partial charge in [-0.05, 0) is 44.4 Å². The topological polar surface area (TPSA) is 85.9 Å². The summed E-state index contributed by atoms with van der Waals surface area (Å²) in [6.07, 6.45) is 3.49. The van der Waals surface area contributed by atoms with Gasteiger partial charge in [-0.3, -0.25) is 14.5 Å². The number of urea groups is 1. The molecule has 140 valence electrons. The Morgan fingerprint density at radius 3 is 2.73 bits per heavy atom. The highest BCUT2D eigenvalue weighted by atomic mass is 16.2. The second-order valence-electron chi connectivity index (χ2n) is 7.53. The van der Waals surface area contributed by atoms with Crippen molar-refractivity contribution in [2.45, 2.75) is 38.3 Å². The molecule has 8 heteroatoms. The van der Waals surface area contributed by atoms with E-state index in [1.54, 1.807) is 24.9 Å². The van der Waals surface area contributed by atoms with E-state index >= 15 is 0 Å². The normalized spacial score (nSPS) is 21.9. The Kier molecular flexibility index (Phi) is 4.60. The molecule has 0 radical (unpaired) electrons. The minimum atomic E-state index is -0.965. The molecule has 0 unspecified atom stereocenters. The highest BCUT2D eigenvalue weighted by Gasteiger charge is 2.45. The lowest BCUT2D eigenvalue weighted by Gasteiger charge is -2.27. The molecule has 0 aliphatic carbocycles. The number of nitrogens with one attached hydrogen (secondary N) is 1. The van der Waals surface area contributed by atoms with Gasteiger partial charge >= 0.3 is 6.03 Å². The van der Waals surface area contributed by atoms with Gasteiger partial charge in [-0.15, -0.1) is 0 Å². The molecule has 2 fully saturated rings. The van der Waals surface area contributed by atoms with Crippen LogP contribution in [0.4, 0.5) is 10.6 Å². The lowest BCUT2D eigenvalue weighted by Crippen LogP contribution is -2.44. The summed E-state index contributed by atoms with van der Waals surface area (Å²) in [6.45, 7) is 3.67. The Labute approximate surface area is 153 Å². The number of aromatic nitrogens is 1. The van der Waals surface area contributed by atoms with Crippen LogP contribution >= 0.6 is 0 Å². The first kappa shape index (κ1) is 18.2. The number of carbonyl (C=O) groups is 3. The number of carbonyl (C=O) groups excluding carboxylic acids is 3. The van der Waals surface area contributed by atoms with Crippen LogP contribution in [0.5, 0.6) is 0 Å². The van der Waals surface area contributed by atoms with Crippen LogP contribution in [0.3, 0.4) is 0 Å². The monoisotopic (exact) mass is 359 g/mol. The number of hydrogen-bond donors (Lipinski definition) is 1. The Balaban J connectivity index is 1.76. The van der Waals surface area contributed by atoms with Crippen molar-refractivity contribution in [3.8, 4) is 0 Å². The smallest absolute Gasteiger partial charge is 0.325 e. The molecule has 2 aliphatic heterocycles. The lowest BCUT2D eigenvalue weighted by atomic mass is 10.1. The van der Waals surface area contributed by atoms with Crippen molar-refractivity contribution < 1.29 is 14.4 Å². The highest BCUT2D eigenvalue weighted by Crippen LogP contribution is 2.33. The first-order chi connectivity index (χ1) is 12.2. The van der Waals surface area contributed by atoms with Gasteiger partial charge in [-0.1, -0.05) is 0 Å². The van der Waals surface area contributed by atoms with Gasteiger partial charge in [-0.25, -0.2) is 9.78 Å². The second kappa shape index (κ2) is 6.59. The van der Waals surface area contributed by atoms with E-state index in [2.05, 4.69) is 10.3 Å². The van der Waals surface area contributed by atoms with Crippen molar-refractivity contribution in [1.82, 2.24) is 20.1 Å². The number of likely N-dealkylation sites (tertiary alicyclic amines) is 1. The summed E-state index contributed by atoms with van der Waals surface area (Å²) in [5.74, 6) is 0.250. The third kappa shape index (κ3) is 3.23. The number of amides is 4. The zero-order chi connectivity index (χ0) is 19.1. The summed E-state index contributed by atoms with van der Waals surface area (Å²) in [7, 11) is 3.84. The Morgan fingerprint density at radius 2 is 2.12 bits per heavy atom. The van der Waals surface area contributed by atoms with Crippen LogP contribution in [0.1, 0.15) is 38.3 Å². The third-order valence-electron chi connectivity index (χ3n) is 4.92. The quantitative estimate of drug-likeness (QED) is 0.815. The maximum atomic E-state index is 12.8. The van der Waals surface area contributed by atoms with Crippen LogP contribution in [0, 0.1) is 0 Å². The van der Waals surface area contributed by atoms with E-state index in [0.29, 0.717) is 6.54 Å². The molecule has 2 saturated heterocycles. The van der Waals surface area contributed by atoms with Gasteiger partial charge in [0.1, 0.15) is 17.9 Å². The SMILES string of the molecule is CN(C)c1cc([C@@H]2CCCN2C(=O)CN2C(=O)NC(C)(C)C2=O)ccn1. The zero-order valence-corrected chi connectivity index (χ0v) is 15.7. The Bertz CT molecular complexity index is 746. The van der Waals surface area contributed by atoms with Gasteiger partial charge in [0.05, 0.1) is 6.04 Å².